The lowest BCUT2D eigenvalue weighted by atomic mass is 10.1. The number of hydrogen-bond acceptors (Lipinski definition) is 2. The number of unbranched alkanes of at least 4 members (excludes halogenated alkanes) is 12. The molecular formula is C22H45NO. The van der Waals surface area contributed by atoms with E-state index in [4.69, 9.17) is 0 Å². The fourth-order valence-corrected chi connectivity index (χ4v) is 3.17. The van der Waals surface area contributed by atoms with Crippen molar-refractivity contribution in [3.8, 4) is 0 Å². The summed E-state index contributed by atoms with van der Waals surface area (Å²) in [5, 5.41) is 9.31. The number of hydrogen-bond donors (Lipinski definition) is 1. The molecule has 0 radical (unpaired) electrons. The van der Waals surface area contributed by atoms with Crippen LogP contribution in [-0.2, 0) is 0 Å². The van der Waals surface area contributed by atoms with Crippen LogP contribution in [0.4, 0.5) is 0 Å². The Hall–Kier alpha value is -0.340. The summed E-state index contributed by atoms with van der Waals surface area (Å²) in [4.78, 5) is 2.24. The molecule has 0 saturated carbocycles. The van der Waals surface area contributed by atoms with Gasteiger partial charge in [0, 0.05) is 6.54 Å². The molecule has 0 aliphatic rings. The van der Waals surface area contributed by atoms with E-state index in [1.807, 2.05) is 6.92 Å². The lowest BCUT2D eigenvalue weighted by molar-refractivity contribution is 0.140. The van der Waals surface area contributed by atoms with E-state index in [2.05, 4.69) is 31.0 Å². The Morgan fingerprint density at radius 1 is 0.750 bits per heavy atom. The van der Waals surface area contributed by atoms with Crippen LogP contribution < -0.4 is 0 Å². The molecule has 0 rings (SSSR count). The number of aliphatic hydroxyl groups is 1. The largest absolute Gasteiger partial charge is 0.392 e. The van der Waals surface area contributed by atoms with Crippen molar-refractivity contribution < 1.29 is 5.11 Å². The molecule has 0 aromatic rings. The van der Waals surface area contributed by atoms with E-state index in [0.29, 0.717) is 0 Å². The van der Waals surface area contributed by atoms with Crippen molar-refractivity contribution in [3.05, 3.63) is 12.2 Å². The van der Waals surface area contributed by atoms with E-state index in [1.165, 1.54) is 89.9 Å². The number of aliphatic hydroxyl groups excluding tert-OH is 1. The Balaban J connectivity index is 3.15. The molecule has 0 heterocycles. The van der Waals surface area contributed by atoms with Crippen LogP contribution in [0.3, 0.4) is 0 Å². The molecule has 0 fully saturated rings. The third-order valence-electron chi connectivity index (χ3n) is 4.63. The highest BCUT2D eigenvalue weighted by Gasteiger charge is 2.01. The summed E-state index contributed by atoms with van der Waals surface area (Å²) >= 11 is 0. The first-order valence-electron chi connectivity index (χ1n) is 10.7. The summed E-state index contributed by atoms with van der Waals surface area (Å²) in [6, 6.07) is 0. The SMILES string of the molecule is CCCCCCCC/C=C\CCCCCCCCN(C)CC(C)O. The minimum Gasteiger partial charge on any atom is -0.392 e. The monoisotopic (exact) mass is 339 g/mol. The lowest BCUT2D eigenvalue weighted by Crippen LogP contribution is -2.28. The molecule has 0 saturated heterocycles. The van der Waals surface area contributed by atoms with Crippen molar-refractivity contribution in [1.82, 2.24) is 4.90 Å². The van der Waals surface area contributed by atoms with Crippen molar-refractivity contribution in [1.29, 1.82) is 0 Å². The van der Waals surface area contributed by atoms with Crippen LogP contribution in [0.15, 0.2) is 12.2 Å². The second-order valence-electron chi connectivity index (χ2n) is 7.55. The Labute approximate surface area is 152 Å². The fraction of sp³-hybridized carbons (Fsp3) is 0.909. The van der Waals surface area contributed by atoms with Gasteiger partial charge in [-0.1, -0.05) is 76.9 Å². The van der Waals surface area contributed by atoms with Crippen LogP contribution in [0.1, 0.15) is 104 Å². The second-order valence-corrected chi connectivity index (χ2v) is 7.55. The van der Waals surface area contributed by atoms with E-state index in [-0.39, 0.29) is 6.10 Å². The average molecular weight is 340 g/mol. The molecule has 0 aliphatic carbocycles. The third-order valence-corrected chi connectivity index (χ3v) is 4.63. The highest BCUT2D eigenvalue weighted by molar-refractivity contribution is 4.81. The fourth-order valence-electron chi connectivity index (χ4n) is 3.17. The van der Waals surface area contributed by atoms with Gasteiger partial charge in [0.05, 0.1) is 6.10 Å². The van der Waals surface area contributed by atoms with Gasteiger partial charge < -0.3 is 10.0 Å². The molecule has 1 unspecified atom stereocenters. The zero-order chi connectivity index (χ0) is 17.9. The zero-order valence-electron chi connectivity index (χ0n) is 16.9. The van der Waals surface area contributed by atoms with Gasteiger partial charge in [-0.15, -0.1) is 0 Å². The first kappa shape index (κ1) is 23.7. The molecule has 0 aromatic carbocycles. The van der Waals surface area contributed by atoms with Gasteiger partial charge in [0.2, 0.25) is 0 Å². The maximum atomic E-state index is 9.31. The van der Waals surface area contributed by atoms with Gasteiger partial charge in [-0.2, -0.15) is 0 Å². The molecule has 1 atom stereocenters. The van der Waals surface area contributed by atoms with Gasteiger partial charge in [0.25, 0.3) is 0 Å². The topological polar surface area (TPSA) is 23.5 Å². The summed E-state index contributed by atoms with van der Waals surface area (Å²) in [5.41, 5.74) is 0. The summed E-state index contributed by atoms with van der Waals surface area (Å²) in [6.45, 7) is 6.05. The second kappa shape index (κ2) is 19.0. The summed E-state index contributed by atoms with van der Waals surface area (Å²) in [5.74, 6) is 0. The average Bonchev–Trinajstić information content (AvgIpc) is 2.53. The van der Waals surface area contributed by atoms with E-state index >= 15 is 0 Å². The quantitative estimate of drug-likeness (QED) is 0.233. The first-order chi connectivity index (χ1) is 11.7. The highest BCUT2D eigenvalue weighted by Crippen LogP contribution is 2.10. The van der Waals surface area contributed by atoms with Crippen LogP contribution in [0.5, 0.6) is 0 Å². The standard InChI is InChI=1S/C22H45NO/c1-4-5-6-7-8-9-10-11-12-13-14-15-16-17-18-19-20-23(3)21-22(2)24/h11-12,22,24H,4-10,13-21H2,1-3H3/b12-11-. The summed E-state index contributed by atoms with van der Waals surface area (Å²) in [7, 11) is 2.10. The zero-order valence-corrected chi connectivity index (χ0v) is 16.9. The molecule has 144 valence electrons. The number of nitrogens with zero attached hydrogens (tertiary/aromatic N) is 1. The van der Waals surface area contributed by atoms with E-state index in [9.17, 15) is 5.11 Å². The molecule has 2 nitrogen and oxygen atoms in total. The molecule has 24 heavy (non-hydrogen) atoms. The Kier molecular flexibility index (Phi) is 18.7. The van der Waals surface area contributed by atoms with Crippen molar-refractivity contribution in [2.24, 2.45) is 0 Å². The van der Waals surface area contributed by atoms with Crippen LogP contribution in [0.2, 0.25) is 0 Å². The lowest BCUT2D eigenvalue weighted by Gasteiger charge is -2.17. The molecule has 0 bridgehead atoms. The Morgan fingerprint density at radius 3 is 1.71 bits per heavy atom. The predicted octanol–water partition coefficient (Wildman–Crippen LogP) is 6.34. The minimum absolute atomic E-state index is 0.205. The molecular weight excluding hydrogens is 294 g/mol. The minimum atomic E-state index is -0.205. The van der Waals surface area contributed by atoms with Crippen LogP contribution in [-0.4, -0.2) is 36.2 Å². The molecule has 0 spiro atoms. The smallest absolute Gasteiger partial charge is 0.0638 e. The molecule has 0 amide bonds. The van der Waals surface area contributed by atoms with E-state index in [1.54, 1.807) is 0 Å². The maximum absolute atomic E-state index is 9.31. The van der Waals surface area contributed by atoms with Crippen LogP contribution >= 0.6 is 0 Å². The predicted molar refractivity (Wildman–Crippen MR) is 109 cm³/mol. The molecule has 0 aromatic heterocycles. The molecule has 2 heteroatoms. The number of likely N-dealkylation sites (N-methyl/N-ethyl adjacent to an activating group) is 1. The van der Waals surface area contributed by atoms with E-state index in [0.717, 1.165) is 13.1 Å². The molecule has 0 aliphatic heterocycles. The molecule has 1 N–H and O–H groups in total. The van der Waals surface area contributed by atoms with Crippen molar-refractivity contribution >= 4 is 0 Å². The van der Waals surface area contributed by atoms with Crippen LogP contribution in [0, 0.1) is 0 Å². The summed E-state index contributed by atoms with van der Waals surface area (Å²) in [6.07, 6.45) is 23.6. The Bertz CT molecular complexity index is 263. The van der Waals surface area contributed by atoms with Crippen molar-refractivity contribution in [2.45, 2.75) is 110 Å². The normalized spacial score (nSPS) is 13.2. The Morgan fingerprint density at radius 2 is 1.21 bits per heavy atom. The van der Waals surface area contributed by atoms with Crippen LogP contribution in [0.25, 0.3) is 0 Å². The number of allylic oxidation sites excluding steroid dienone is 2. The highest BCUT2D eigenvalue weighted by atomic mass is 16.3. The summed E-state index contributed by atoms with van der Waals surface area (Å²) < 4.78 is 0. The van der Waals surface area contributed by atoms with Crippen molar-refractivity contribution in [2.75, 3.05) is 20.1 Å². The van der Waals surface area contributed by atoms with Gasteiger partial charge in [0.1, 0.15) is 0 Å². The van der Waals surface area contributed by atoms with Gasteiger partial charge in [0.15, 0.2) is 0 Å². The number of rotatable bonds is 18. The van der Waals surface area contributed by atoms with E-state index < -0.39 is 0 Å². The first-order valence-corrected chi connectivity index (χ1v) is 10.7. The van der Waals surface area contributed by atoms with Gasteiger partial charge >= 0.3 is 0 Å². The van der Waals surface area contributed by atoms with Gasteiger partial charge in [-0.05, 0) is 52.6 Å². The maximum Gasteiger partial charge on any atom is 0.0638 e. The van der Waals surface area contributed by atoms with Gasteiger partial charge in [-0.25, -0.2) is 0 Å². The van der Waals surface area contributed by atoms with Gasteiger partial charge in [-0.3, -0.25) is 0 Å². The third kappa shape index (κ3) is 19.7. The van der Waals surface area contributed by atoms with Crippen molar-refractivity contribution in [3.63, 3.8) is 0 Å².